The second-order valence-electron chi connectivity index (χ2n) is 3.11. The lowest BCUT2D eigenvalue weighted by Crippen LogP contribution is -2.07. The average molecular weight is 248 g/mol. The summed E-state index contributed by atoms with van der Waals surface area (Å²) in [5, 5.41) is 0. The van der Waals surface area contributed by atoms with Gasteiger partial charge in [0.25, 0.3) is 0 Å². The van der Waals surface area contributed by atoms with Gasteiger partial charge in [0, 0.05) is 11.8 Å². The molecule has 2 nitrogen and oxygen atoms in total. The molecule has 0 aliphatic carbocycles. The quantitative estimate of drug-likeness (QED) is 0.807. The number of nitrogens with zero attached hydrogens (tertiary/aromatic N) is 1. The molecule has 0 bridgehead atoms. The van der Waals surface area contributed by atoms with Crippen LogP contribution in [0.15, 0.2) is 18.3 Å². The molecule has 88 valence electrons. The van der Waals surface area contributed by atoms with E-state index in [0.717, 1.165) is 12.3 Å². The number of pyridine rings is 1. The molecule has 0 aromatic carbocycles. The van der Waals surface area contributed by atoms with Crippen molar-refractivity contribution in [3.05, 3.63) is 29.5 Å². The molecule has 0 saturated carbocycles. The zero-order valence-corrected chi connectivity index (χ0v) is 9.22. The van der Waals surface area contributed by atoms with Crippen LogP contribution in [-0.2, 0) is 6.18 Å². The summed E-state index contributed by atoms with van der Waals surface area (Å²) >= 11 is 3.98. The van der Waals surface area contributed by atoms with Gasteiger partial charge in [-0.05, 0) is 18.2 Å². The Bertz CT molecular complexity index is 388. The molecule has 1 heterocycles. The second-order valence-corrected chi connectivity index (χ2v) is 3.56. The summed E-state index contributed by atoms with van der Waals surface area (Å²) in [6.45, 7) is 0. The molecule has 0 aliphatic rings. The van der Waals surface area contributed by atoms with E-state index in [1.54, 1.807) is 6.08 Å². The first-order valence-electron chi connectivity index (χ1n) is 4.55. The maximum absolute atomic E-state index is 12.4. The molecule has 0 aliphatic heterocycles. The summed E-state index contributed by atoms with van der Waals surface area (Å²) < 4.78 is 37.1. The van der Waals surface area contributed by atoms with Gasteiger partial charge in [-0.3, -0.25) is 0 Å². The summed E-state index contributed by atoms with van der Waals surface area (Å²) in [7, 11) is 0. The fourth-order valence-electron chi connectivity index (χ4n) is 1.07. The number of anilines is 1. The number of halogens is 3. The third kappa shape index (κ3) is 3.44. The maximum Gasteiger partial charge on any atom is 0.417 e. The zero-order valence-electron chi connectivity index (χ0n) is 8.33. The Balaban J connectivity index is 3.00. The topological polar surface area (TPSA) is 38.9 Å². The molecule has 0 unspecified atom stereocenters. The largest absolute Gasteiger partial charge is 0.417 e. The van der Waals surface area contributed by atoms with E-state index in [0.29, 0.717) is 12.2 Å². The van der Waals surface area contributed by atoms with Gasteiger partial charge in [0.1, 0.15) is 5.82 Å². The third-order valence-corrected chi connectivity index (χ3v) is 2.13. The Kier molecular flexibility index (Phi) is 4.23. The molecule has 1 aromatic heterocycles. The van der Waals surface area contributed by atoms with Crippen molar-refractivity contribution in [2.24, 2.45) is 0 Å². The normalized spacial score (nSPS) is 12.2. The van der Waals surface area contributed by atoms with Crippen LogP contribution in [-0.4, -0.2) is 10.7 Å². The van der Waals surface area contributed by atoms with E-state index in [1.165, 1.54) is 6.08 Å². The molecular weight excluding hydrogens is 237 g/mol. The highest BCUT2D eigenvalue weighted by atomic mass is 32.1. The number of nitrogen functional groups attached to an aromatic ring is 1. The minimum atomic E-state index is -4.40. The van der Waals surface area contributed by atoms with Gasteiger partial charge in [0.05, 0.1) is 5.56 Å². The Morgan fingerprint density at radius 1 is 1.44 bits per heavy atom. The number of hydrogen-bond acceptors (Lipinski definition) is 3. The van der Waals surface area contributed by atoms with E-state index < -0.39 is 11.7 Å². The molecule has 1 rings (SSSR count). The number of aromatic nitrogens is 1. The minimum absolute atomic E-state index is 0.0865. The van der Waals surface area contributed by atoms with Crippen molar-refractivity contribution < 1.29 is 13.2 Å². The summed E-state index contributed by atoms with van der Waals surface area (Å²) in [6.07, 6.45) is 0.227. The van der Waals surface area contributed by atoms with Crippen molar-refractivity contribution in [1.82, 2.24) is 4.98 Å². The summed E-state index contributed by atoms with van der Waals surface area (Å²) in [6, 6.07) is 0.983. The average Bonchev–Trinajstić information content (AvgIpc) is 2.19. The van der Waals surface area contributed by atoms with Gasteiger partial charge in [-0.25, -0.2) is 4.98 Å². The van der Waals surface area contributed by atoms with E-state index in [-0.39, 0.29) is 11.4 Å². The van der Waals surface area contributed by atoms with Gasteiger partial charge in [-0.15, -0.1) is 0 Å². The van der Waals surface area contributed by atoms with E-state index in [1.807, 2.05) is 0 Å². The first kappa shape index (κ1) is 12.9. The molecule has 0 saturated heterocycles. The van der Waals surface area contributed by atoms with Crippen molar-refractivity contribution in [3.8, 4) is 0 Å². The van der Waals surface area contributed by atoms with Crippen LogP contribution in [0.25, 0.3) is 6.08 Å². The molecule has 1 aromatic rings. The van der Waals surface area contributed by atoms with Crippen LogP contribution in [0.5, 0.6) is 0 Å². The lowest BCUT2D eigenvalue weighted by Gasteiger charge is -2.07. The van der Waals surface area contributed by atoms with Gasteiger partial charge in [0.15, 0.2) is 0 Å². The molecule has 0 fully saturated rings. The van der Waals surface area contributed by atoms with Crippen molar-refractivity contribution in [2.75, 3.05) is 11.5 Å². The van der Waals surface area contributed by atoms with Crippen LogP contribution >= 0.6 is 12.6 Å². The lowest BCUT2D eigenvalue weighted by atomic mass is 10.1. The number of hydrogen-bond donors (Lipinski definition) is 2. The lowest BCUT2D eigenvalue weighted by molar-refractivity contribution is -0.137. The standard InChI is InChI=1S/C10H11F3N2S/c11-10(12,13)8-5-7(3-1-2-4-16)9(14)15-6-8/h1,3,5-6,16H,2,4H2,(H2,14,15). The van der Waals surface area contributed by atoms with Crippen LogP contribution in [0.1, 0.15) is 17.5 Å². The van der Waals surface area contributed by atoms with Crippen LogP contribution < -0.4 is 5.73 Å². The maximum atomic E-state index is 12.4. The third-order valence-electron chi connectivity index (χ3n) is 1.87. The highest BCUT2D eigenvalue weighted by Gasteiger charge is 2.31. The van der Waals surface area contributed by atoms with E-state index in [2.05, 4.69) is 17.6 Å². The minimum Gasteiger partial charge on any atom is -0.383 e. The Morgan fingerprint density at radius 3 is 2.69 bits per heavy atom. The molecular formula is C10H11F3N2S. The van der Waals surface area contributed by atoms with Gasteiger partial charge in [-0.1, -0.05) is 12.2 Å². The number of thiol groups is 1. The summed E-state index contributed by atoms with van der Waals surface area (Å²) in [5.41, 5.74) is 4.94. The SMILES string of the molecule is Nc1ncc(C(F)(F)F)cc1C=CCCS. The summed E-state index contributed by atoms with van der Waals surface area (Å²) in [5.74, 6) is 0.714. The van der Waals surface area contributed by atoms with Crippen LogP contribution in [0.3, 0.4) is 0 Å². The molecule has 2 N–H and O–H groups in total. The predicted octanol–water partition coefficient (Wildman–Crippen LogP) is 3.02. The molecule has 0 spiro atoms. The first-order chi connectivity index (χ1) is 7.45. The molecule has 0 amide bonds. The fraction of sp³-hybridized carbons (Fsp3) is 0.300. The van der Waals surface area contributed by atoms with Gasteiger partial charge < -0.3 is 5.73 Å². The Morgan fingerprint density at radius 2 is 2.12 bits per heavy atom. The van der Waals surface area contributed by atoms with Crippen LogP contribution in [0.2, 0.25) is 0 Å². The monoisotopic (exact) mass is 248 g/mol. The smallest absolute Gasteiger partial charge is 0.383 e. The highest BCUT2D eigenvalue weighted by Crippen LogP contribution is 2.30. The molecule has 0 radical (unpaired) electrons. The second kappa shape index (κ2) is 5.25. The number of rotatable bonds is 3. The number of allylic oxidation sites excluding steroid dienone is 1. The Labute approximate surface area is 96.8 Å². The van der Waals surface area contributed by atoms with Gasteiger partial charge >= 0.3 is 6.18 Å². The number of nitrogens with two attached hydrogens (primary N) is 1. The van der Waals surface area contributed by atoms with Crippen LogP contribution in [0, 0.1) is 0 Å². The van der Waals surface area contributed by atoms with E-state index in [4.69, 9.17) is 5.73 Å². The van der Waals surface area contributed by atoms with Gasteiger partial charge in [0.2, 0.25) is 0 Å². The van der Waals surface area contributed by atoms with Crippen molar-refractivity contribution in [3.63, 3.8) is 0 Å². The Hall–Kier alpha value is -1.17. The van der Waals surface area contributed by atoms with Crippen molar-refractivity contribution in [2.45, 2.75) is 12.6 Å². The number of alkyl halides is 3. The van der Waals surface area contributed by atoms with Crippen LogP contribution in [0.4, 0.5) is 19.0 Å². The molecule has 0 atom stereocenters. The highest BCUT2D eigenvalue weighted by molar-refractivity contribution is 7.80. The van der Waals surface area contributed by atoms with E-state index >= 15 is 0 Å². The summed E-state index contributed by atoms with van der Waals surface area (Å²) in [4.78, 5) is 3.51. The van der Waals surface area contributed by atoms with Gasteiger partial charge in [-0.2, -0.15) is 25.8 Å². The van der Waals surface area contributed by atoms with Crippen molar-refractivity contribution >= 4 is 24.5 Å². The molecule has 16 heavy (non-hydrogen) atoms. The van der Waals surface area contributed by atoms with E-state index in [9.17, 15) is 13.2 Å². The fourth-order valence-corrected chi connectivity index (χ4v) is 1.21. The van der Waals surface area contributed by atoms with Crippen molar-refractivity contribution in [1.29, 1.82) is 0 Å². The predicted molar refractivity (Wildman–Crippen MR) is 61.2 cm³/mol. The first-order valence-corrected chi connectivity index (χ1v) is 5.18. The zero-order chi connectivity index (χ0) is 12.2. The molecule has 6 heteroatoms.